The fourth-order valence-electron chi connectivity index (χ4n) is 1.69. The summed E-state index contributed by atoms with van der Waals surface area (Å²) < 4.78 is 24.1. The first-order chi connectivity index (χ1) is 8.65. The molecule has 1 aromatic rings. The SMILES string of the molecule is Oc1c2c(c(O)n1SC(Cl)(Cl)C(F)(F)Cl)CCC=C2. The Morgan fingerprint density at radius 1 is 1.21 bits per heavy atom. The highest BCUT2D eigenvalue weighted by Gasteiger charge is 2.53. The minimum absolute atomic E-state index is 0.131. The van der Waals surface area contributed by atoms with Crippen molar-refractivity contribution in [3.8, 4) is 11.8 Å². The molecule has 1 aromatic heterocycles. The van der Waals surface area contributed by atoms with Crippen LogP contribution in [0, 0.1) is 0 Å². The van der Waals surface area contributed by atoms with Gasteiger partial charge in [-0.15, -0.1) is 0 Å². The number of hydrogen-bond acceptors (Lipinski definition) is 3. The monoisotopic (exact) mass is 349 g/mol. The molecule has 0 radical (unpaired) electrons. The van der Waals surface area contributed by atoms with Crippen LogP contribution in [0.5, 0.6) is 11.8 Å². The Bertz CT molecular complexity index is 540. The van der Waals surface area contributed by atoms with E-state index in [2.05, 4.69) is 0 Å². The van der Waals surface area contributed by atoms with Gasteiger partial charge in [-0.2, -0.15) is 8.78 Å². The first kappa shape index (κ1) is 15.1. The molecule has 0 unspecified atom stereocenters. The molecule has 3 nitrogen and oxygen atoms in total. The molecule has 0 spiro atoms. The van der Waals surface area contributed by atoms with Crippen LogP contribution >= 0.6 is 46.8 Å². The normalized spacial score (nSPS) is 15.6. The third-order valence-electron chi connectivity index (χ3n) is 2.60. The van der Waals surface area contributed by atoms with E-state index in [0.717, 1.165) is 3.97 Å². The van der Waals surface area contributed by atoms with E-state index in [4.69, 9.17) is 34.8 Å². The summed E-state index contributed by atoms with van der Waals surface area (Å²) in [4.78, 5) is 0. The van der Waals surface area contributed by atoms with Crippen LogP contribution in [0.1, 0.15) is 17.5 Å². The summed E-state index contributed by atoms with van der Waals surface area (Å²) in [6.07, 6.45) is 4.54. The van der Waals surface area contributed by atoms with E-state index >= 15 is 0 Å². The topological polar surface area (TPSA) is 45.4 Å². The van der Waals surface area contributed by atoms with Gasteiger partial charge in [-0.05, 0) is 24.4 Å². The second kappa shape index (κ2) is 4.91. The largest absolute Gasteiger partial charge is 0.494 e. The van der Waals surface area contributed by atoms with Crippen molar-refractivity contribution >= 4 is 52.8 Å². The Morgan fingerprint density at radius 2 is 1.84 bits per heavy atom. The van der Waals surface area contributed by atoms with Crippen LogP contribution in [0.4, 0.5) is 8.78 Å². The first-order valence-electron chi connectivity index (χ1n) is 5.11. The summed E-state index contributed by atoms with van der Waals surface area (Å²) in [5.41, 5.74) is 0.813. The van der Waals surface area contributed by atoms with Gasteiger partial charge in [0, 0.05) is 23.1 Å². The third kappa shape index (κ3) is 2.63. The van der Waals surface area contributed by atoms with Gasteiger partial charge in [0.1, 0.15) is 0 Å². The van der Waals surface area contributed by atoms with Crippen molar-refractivity contribution in [2.45, 2.75) is 21.9 Å². The van der Waals surface area contributed by atoms with Crippen molar-refractivity contribution in [3.63, 3.8) is 0 Å². The lowest BCUT2D eigenvalue weighted by atomic mass is 10.0. The number of hydrogen-bond donors (Lipinski definition) is 2. The molecule has 1 heterocycles. The van der Waals surface area contributed by atoms with Gasteiger partial charge in [0.15, 0.2) is 0 Å². The zero-order valence-corrected chi connectivity index (χ0v) is 12.3. The van der Waals surface area contributed by atoms with Crippen molar-refractivity contribution in [1.29, 1.82) is 0 Å². The molecule has 0 saturated carbocycles. The van der Waals surface area contributed by atoms with Gasteiger partial charge in [-0.25, -0.2) is 3.97 Å². The molecule has 1 aliphatic carbocycles. The molecular weight excluding hydrogens is 343 g/mol. The lowest BCUT2D eigenvalue weighted by molar-refractivity contribution is 0.103. The maximum atomic E-state index is 13.0. The molecule has 0 amide bonds. The molecule has 0 aromatic carbocycles. The summed E-state index contributed by atoms with van der Waals surface area (Å²) in [6.45, 7) is 0. The number of rotatable bonds is 3. The van der Waals surface area contributed by atoms with Crippen LogP contribution in [0.15, 0.2) is 6.08 Å². The number of aromatic hydroxyl groups is 2. The first-order valence-corrected chi connectivity index (χ1v) is 7.02. The lowest BCUT2D eigenvalue weighted by Gasteiger charge is -2.23. The van der Waals surface area contributed by atoms with Crippen molar-refractivity contribution in [2.75, 3.05) is 0 Å². The summed E-state index contributed by atoms with van der Waals surface area (Å²) in [5, 5.41) is 15.9. The Hall–Kier alpha value is -0.300. The fourth-order valence-corrected chi connectivity index (χ4v) is 2.92. The van der Waals surface area contributed by atoms with Crippen LogP contribution in [0.2, 0.25) is 0 Å². The molecule has 1 aliphatic rings. The average molecular weight is 351 g/mol. The number of aromatic nitrogens is 1. The van der Waals surface area contributed by atoms with Crippen LogP contribution in [0.25, 0.3) is 6.08 Å². The molecule has 106 valence electrons. The van der Waals surface area contributed by atoms with Crippen LogP contribution in [-0.4, -0.2) is 23.2 Å². The van der Waals surface area contributed by atoms with Crippen LogP contribution in [-0.2, 0) is 6.42 Å². The molecule has 0 fully saturated rings. The number of nitrogens with zero attached hydrogens (tertiary/aromatic N) is 1. The molecular formula is C10H8Cl3F2NO2S. The van der Waals surface area contributed by atoms with Crippen molar-refractivity contribution in [1.82, 2.24) is 3.97 Å². The zero-order valence-electron chi connectivity index (χ0n) is 9.21. The highest BCUT2D eigenvalue weighted by molar-refractivity contribution is 8.02. The summed E-state index contributed by atoms with van der Waals surface area (Å²) >= 11 is 15.8. The highest BCUT2D eigenvalue weighted by atomic mass is 35.5. The van der Waals surface area contributed by atoms with E-state index in [9.17, 15) is 19.0 Å². The van der Waals surface area contributed by atoms with Crippen LogP contribution < -0.4 is 0 Å². The summed E-state index contributed by atoms with van der Waals surface area (Å²) in [5.74, 6) is -0.770. The van der Waals surface area contributed by atoms with Gasteiger partial charge >= 0.3 is 5.38 Å². The number of fused-ring (bicyclic) bond motifs is 1. The Labute approximate surface area is 126 Å². The van der Waals surface area contributed by atoms with Gasteiger partial charge in [0.05, 0.1) is 0 Å². The maximum absolute atomic E-state index is 13.0. The maximum Gasteiger partial charge on any atom is 0.365 e. The summed E-state index contributed by atoms with van der Waals surface area (Å²) in [6, 6.07) is 0. The quantitative estimate of drug-likeness (QED) is 0.798. The number of alkyl halides is 5. The second-order valence-electron chi connectivity index (χ2n) is 3.88. The second-order valence-corrected chi connectivity index (χ2v) is 7.29. The van der Waals surface area contributed by atoms with Gasteiger partial charge < -0.3 is 10.2 Å². The van der Waals surface area contributed by atoms with E-state index in [0.29, 0.717) is 24.0 Å². The Kier molecular flexibility index (Phi) is 3.90. The molecule has 9 heteroatoms. The summed E-state index contributed by atoms with van der Waals surface area (Å²) in [7, 11) is 0. The van der Waals surface area contributed by atoms with Crippen molar-refractivity contribution in [3.05, 3.63) is 17.2 Å². The van der Waals surface area contributed by atoms with E-state index in [-0.39, 0.29) is 17.8 Å². The van der Waals surface area contributed by atoms with E-state index in [1.807, 2.05) is 0 Å². The average Bonchev–Trinajstić information content (AvgIpc) is 2.54. The van der Waals surface area contributed by atoms with E-state index < -0.39 is 14.9 Å². The van der Waals surface area contributed by atoms with Crippen molar-refractivity contribution in [2.24, 2.45) is 0 Å². The fraction of sp³-hybridized carbons (Fsp3) is 0.400. The predicted molar refractivity (Wildman–Crippen MR) is 73.3 cm³/mol. The molecule has 19 heavy (non-hydrogen) atoms. The Balaban J connectivity index is 2.43. The molecule has 0 bridgehead atoms. The predicted octanol–water partition coefficient (Wildman–Crippen LogP) is 4.32. The number of halogens is 5. The van der Waals surface area contributed by atoms with Gasteiger partial charge in [0.25, 0.3) is 3.67 Å². The van der Waals surface area contributed by atoms with E-state index in [1.54, 1.807) is 12.2 Å². The molecule has 2 N–H and O–H groups in total. The third-order valence-corrected chi connectivity index (χ3v) is 5.09. The highest BCUT2D eigenvalue weighted by Crippen LogP contribution is 2.54. The van der Waals surface area contributed by atoms with Crippen LogP contribution in [0.3, 0.4) is 0 Å². The smallest absolute Gasteiger partial charge is 0.365 e. The minimum Gasteiger partial charge on any atom is -0.494 e. The van der Waals surface area contributed by atoms with Gasteiger partial charge in [0.2, 0.25) is 11.8 Å². The Morgan fingerprint density at radius 3 is 2.37 bits per heavy atom. The van der Waals surface area contributed by atoms with Crippen molar-refractivity contribution < 1.29 is 19.0 Å². The zero-order chi connectivity index (χ0) is 14.4. The molecule has 0 aliphatic heterocycles. The standard InChI is InChI=1S/C10H8Cl3F2NO2S/c11-9(12,10(13,14)15)19-16-7(17)5-3-1-2-4-6(5)8(16)18/h1,3,17-18H,2,4H2. The molecule has 0 saturated heterocycles. The van der Waals surface area contributed by atoms with Gasteiger partial charge in [-0.1, -0.05) is 35.4 Å². The molecule has 0 atom stereocenters. The molecule has 2 rings (SSSR count). The lowest BCUT2D eigenvalue weighted by Crippen LogP contribution is -2.30. The van der Waals surface area contributed by atoms with Gasteiger partial charge in [-0.3, -0.25) is 0 Å². The number of allylic oxidation sites excluding steroid dienone is 1. The minimum atomic E-state index is -3.94. The van der Waals surface area contributed by atoms with E-state index in [1.165, 1.54) is 0 Å².